The molecule has 5 rings (SSSR count). The van der Waals surface area contributed by atoms with Gasteiger partial charge >= 0.3 is 0 Å². The Morgan fingerprint density at radius 1 is 1.16 bits per heavy atom. The van der Waals surface area contributed by atoms with Crippen molar-refractivity contribution in [3.05, 3.63) is 62.8 Å². The second-order valence-electron chi connectivity index (χ2n) is 8.57. The third kappa shape index (κ3) is 3.31. The summed E-state index contributed by atoms with van der Waals surface area (Å²) in [6.45, 7) is 4.83. The first-order valence-electron chi connectivity index (χ1n) is 10.4. The molecule has 1 spiro atoms. The zero-order chi connectivity index (χ0) is 21.9. The lowest BCUT2D eigenvalue weighted by atomic mass is 9.81. The van der Waals surface area contributed by atoms with Crippen LogP contribution in [-0.4, -0.2) is 40.3 Å². The second kappa shape index (κ2) is 7.28. The number of hydrogen-bond donors (Lipinski definition) is 1. The number of halogens is 2. The van der Waals surface area contributed by atoms with E-state index in [-0.39, 0.29) is 11.7 Å². The van der Waals surface area contributed by atoms with Gasteiger partial charge in [-0.15, -0.1) is 0 Å². The van der Waals surface area contributed by atoms with Gasteiger partial charge in [-0.2, -0.15) is 0 Å². The molecule has 160 valence electrons. The Morgan fingerprint density at radius 2 is 1.90 bits per heavy atom. The number of para-hydroxylation sites is 1. The molecule has 0 saturated carbocycles. The maximum Gasteiger partial charge on any atom is 0.270 e. The first kappa shape index (κ1) is 20.4. The minimum atomic E-state index is -0.572. The molecule has 2 aliphatic rings. The Bertz CT molecular complexity index is 1240. The lowest BCUT2D eigenvalue weighted by Crippen LogP contribution is -2.52. The van der Waals surface area contributed by atoms with E-state index in [0.29, 0.717) is 59.4 Å². The van der Waals surface area contributed by atoms with E-state index in [1.165, 1.54) is 0 Å². The Labute approximate surface area is 190 Å². The zero-order valence-corrected chi connectivity index (χ0v) is 18.9. The highest BCUT2D eigenvalue weighted by molar-refractivity contribution is 6.35. The molecule has 0 radical (unpaired) electrons. The molecule has 0 bridgehead atoms. The van der Waals surface area contributed by atoms with E-state index in [2.05, 4.69) is 4.98 Å². The number of amides is 1. The molecular formula is C24H22Cl2N2O3. The van der Waals surface area contributed by atoms with Gasteiger partial charge in [0.2, 0.25) is 0 Å². The van der Waals surface area contributed by atoms with Crippen molar-refractivity contribution in [2.45, 2.75) is 38.7 Å². The summed E-state index contributed by atoms with van der Waals surface area (Å²) < 4.78 is 6.40. The highest BCUT2D eigenvalue weighted by Crippen LogP contribution is 2.43. The summed E-state index contributed by atoms with van der Waals surface area (Å²) in [5.74, 6) is 0.606. The number of hydrogen-bond acceptors (Lipinski definition) is 3. The van der Waals surface area contributed by atoms with Gasteiger partial charge < -0.3 is 14.6 Å². The van der Waals surface area contributed by atoms with Crippen molar-refractivity contribution in [2.24, 2.45) is 0 Å². The third-order valence-corrected chi connectivity index (χ3v) is 7.43. The predicted molar refractivity (Wildman–Crippen MR) is 122 cm³/mol. The van der Waals surface area contributed by atoms with E-state index in [9.17, 15) is 9.59 Å². The SMILES string of the molecule is Cc1cc2c(c(C)c1Cl)C(=O)CC1(CCN(C(=O)c3cc4cccc(Cl)c4[nH]3)CC1)O2. The minimum Gasteiger partial charge on any atom is -0.486 e. The molecule has 1 fully saturated rings. The summed E-state index contributed by atoms with van der Waals surface area (Å²) in [7, 11) is 0. The molecule has 2 aliphatic heterocycles. The average Bonchev–Trinajstić information content (AvgIpc) is 3.17. The highest BCUT2D eigenvalue weighted by atomic mass is 35.5. The van der Waals surface area contributed by atoms with Gasteiger partial charge in [0, 0.05) is 36.3 Å². The molecule has 2 aromatic carbocycles. The number of ketones is 1. The molecule has 5 nitrogen and oxygen atoms in total. The normalized spacial score (nSPS) is 17.7. The van der Waals surface area contributed by atoms with Crippen molar-refractivity contribution >= 4 is 45.8 Å². The van der Waals surface area contributed by atoms with E-state index in [1.54, 1.807) is 6.07 Å². The van der Waals surface area contributed by atoms with Crippen LogP contribution in [-0.2, 0) is 0 Å². The molecule has 1 aromatic heterocycles. The first-order valence-corrected chi connectivity index (χ1v) is 11.1. The maximum absolute atomic E-state index is 13.1. The molecule has 31 heavy (non-hydrogen) atoms. The molecule has 1 amide bonds. The van der Waals surface area contributed by atoms with Crippen LogP contribution in [0.1, 0.15) is 51.2 Å². The summed E-state index contributed by atoms with van der Waals surface area (Å²) in [6, 6.07) is 9.28. The van der Waals surface area contributed by atoms with E-state index in [0.717, 1.165) is 22.0 Å². The molecule has 3 aromatic rings. The van der Waals surface area contributed by atoms with Crippen molar-refractivity contribution in [3.63, 3.8) is 0 Å². The summed E-state index contributed by atoms with van der Waals surface area (Å²) in [5.41, 5.74) is 2.98. The number of benzene rings is 2. The van der Waals surface area contributed by atoms with Crippen LogP contribution in [0.5, 0.6) is 5.75 Å². The minimum absolute atomic E-state index is 0.0608. The number of nitrogens with one attached hydrogen (secondary N) is 1. The van der Waals surface area contributed by atoms with Crippen LogP contribution < -0.4 is 4.74 Å². The van der Waals surface area contributed by atoms with E-state index in [4.69, 9.17) is 27.9 Å². The molecular weight excluding hydrogens is 435 g/mol. The van der Waals surface area contributed by atoms with E-state index in [1.807, 2.05) is 43.0 Å². The number of piperidine rings is 1. The fraction of sp³-hybridized carbons (Fsp3) is 0.333. The van der Waals surface area contributed by atoms with Crippen molar-refractivity contribution in [1.82, 2.24) is 9.88 Å². The number of ether oxygens (including phenoxy) is 1. The van der Waals surface area contributed by atoms with Crippen LogP contribution in [0.4, 0.5) is 0 Å². The van der Waals surface area contributed by atoms with Gasteiger partial charge in [-0.1, -0.05) is 35.3 Å². The Morgan fingerprint density at radius 3 is 2.61 bits per heavy atom. The van der Waals surface area contributed by atoms with Crippen LogP contribution in [0.25, 0.3) is 10.9 Å². The molecule has 3 heterocycles. The summed E-state index contributed by atoms with van der Waals surface area (Å²) in [4.78, 5) is 31.0. The number of aryl methyl sites for hydroxylation is 1. The molecule has 0 unspecified atom stereocenters. The number of likely N-dealkylation sites (tertiary alicyclic amines) is 1. The van der Waals surface area contributed by atoms with Crippen molar-refractivity contribution in [1.29, 1.82) is 0 Å². The maximum atomic E-state index is 13.1. The van der Waals surface area contributed by atoms with Crippen molar-refractivity contribution < 1.29 is 14.3 Å². The van der Waals surface area contributed by atoms with Crippen LogP contribution in [0.2, 0.25) is 10.0 Å². The van der Waals surface area contributed by atoms with Crippen LogP contribution in [0, 0.1) is 13.8 Å². The number of carbonyl (C=O) groups is 2. The number of fused-ring (bicyclic) bond motifs is 2. The monoisotopic (exact) mass is 456 g/mol. The number of H-pyrrole nitrogens is 1. The Balaban J connectivity index is 1.36. The molecule has 0 atom stereocenters. The summed E-state index contributed by atoms with van der Waals surface area (Å²) >= 11 is 12.6. The van der Waals surface area contributed by atoms with Gasteiger partial charge in [-0.25, -0.2) is 0 Å². The van der Waals surface area contributed by atoms with Crippen LogP contribution in [0.15, 0.2) is 30.3 Å². The predicted octanol–water partition coefficient (Wildman–Crippen LogP) is 5.73. The molecule has 0 aliphatic carbocycles. The van der Waals surface area contributed by atoms with E-state index >= 15 is 0 Å². The molecule has 1 N–H and O–H groups in total. The first-order chi connectivity index (χ1) is 14.8. The quantitative estimate of drug-likeness (QED) is 0.508. The number of nitrogens with zero attached hydrogens (tertiary/aromatic N) is 1. The fourth-order valence-electron chi connectivity index (χ4n) is 4.80. The zero-order valence-electron chi connectivity index (χ0n) is 17.4. The Hall–Kier alpha value is -2.50. The number of aromatic amines is 1. The van der Waals surface area contributed by atoms with Gasteiger partial charge in [0.1, 0.15) is 17.0 Å². The Kier molecular flexibility index (Phi) is 4.79. The smallest absolute Gasteiger partial charge is 0.270 e. The lowest BCUT2D eigenvalue weighted by Gasteiger charge is -2.44. The highest BCUT2D eigenvalue weighted by Gasteiger charge is 2.44. The van der Waals surface area contributed by atoms with Gasteiger partial charge in [0.25, 0.3) is 5.91 Å². The number of aromatic nitrogens is 1. The second-order valence-corrected chi connectivity index (χ2v) is 9.36. The largest absolute Gasteiger partial charge is 0.486 e. The number of Topliss-reactive ketones (excluding diaryl/α,β-unsaturated/α-hetero) is 1. The summed E-state index contributed by atoms with van der Waals surface area (Å²) in [5, 5.41) is 2.12. The molecule has 7 heteroatoms. The average molecular weight is 457 g/mol. The van der Waals surface area contributed by atoms with Crippen molar-refractivity contribution in [3.8, 4) is 5.75 Å². The third-order valence-electron chi connectivity index (χ3n) is 6.53. The lowest BCUT2D eigenvalue weighted by molar-refractivity contribution is -0.00592. The van der Waals surface area contributed by atoms with Gasteiger partial charge in [-0.05, 0) is 43.2 Å². The van der Waals surface area contributed by atoms with Crippen molar-refractivity contribution in [2.75, 3.05) is 13.1 Å². The fourth-order valence-corrected chi connectivity index (χ4v) is 5.18. The van der Waals surface area contributed by atoms with Gasteiger partial charge in [-0.3, -0.25) is 9.59 Å². The van der Waals surface area contributed by atoms with Gasteiger partial charge in [0.15, 0.2) is 5.78 Å². The van der Waals surface area contributed by atoms with E-state index < -0.39 is 5.60 Å². The topological polar surface area (TPSA) is 62.4 Å². The van der Waals surface area contributed by atoms with Crippen LogP contribution in [0.3, 0.4) is 0 Å². The number of rotatable bonds is 1. The molecule has 1 saturated heterocycles. The van der Waals surface area contributed by atoms with Crippen LogP contribution >= 0.6 is 23.2 Å². The van der Waals surface area contributed by atoms with Gasteiger partial charge in [0.05, 0.1) is 22.5 Å². The number of carbonyl (C=O) groups excluding carboxylic acids is 2. The standard InChI is InChI=1S/C24H22Cl2N2O3/c1-13-10-19-20(14(2)21(13)26)18(29)12-24(31-19)6-8-28(9-7-24)23(30)17-11-15-4-3-5-16(25)22(15)27-17/h3-5,10-11,27H,6-9,12H2,1-2H3. The summed E-state index contributed by atoms with van der Waals surface area (Å²) in [6.07, 6.45) is 1.52.